The van der Waals surface area contributed by atoms with E-state index in [4.69, 9.17) is 0 Å². The zero-order valence-corrected chi connectivity index (χ0v) is 12.2. The van der Waals surface area contributed by atoms with Gasteiger partial charge in [0, 0.05) is 21.7 Å². The Hall–Kier alpha value is -0.940. The van der Waals surface area contributed by atoms with Crippen LogP contribution in [0.5, 0.6) is 0 Å². The van der Waals surface area contributed by atoms with Crippen molar-refractivity contribution >= 4 is 33.0 Å². The van der Waals surface area contributed by atoms with Crippen LogP contribution in [0.1, 0.15) is 29.8 Å². The molecule has 2 heterocycles. The van der Waals surface area contributed by atoms with Crippen molar-refractivity contribution < 1.29 is 0 Å². The van der Waals surface area contributed by atoms with Crippen LogP contribution in [0.15, 0.2) is 29.1 Å². The Morgan fingerprint density at radius 2 is 2.24 bits per heavy atom. The van der Waals surface area contributed by atoms with Crippen LogP contribution in [-0.2, 0) is 6.42 Å². The summed E-state index contributed by atoms with van der Waals surface area (Å²) in [4.78, 5) is 9.88. The number of aromatic nitrogens is 2. The quantitative estimate of drug-likeness (QED) is 0.926. The highest BCUT2D eigenvalue weighted by Crippen LogP contribution is 2.24. The molecule has 0 saturated carbocycles. The van der Waals surface area contributed by atoms with Crippen LogP contribution in [0.4, 0.5) is 5.69 Å². The molecule has 17 heavy (non-hydrogen) atoms. The first kappa shape index (κ1) is 12.5. The number of anilines is 1. The normalized spacial score (nSPS) is 12.4. The number of halogens is 1. The lowest BCUT2D eigenvalue weighted by atomic mass is 10.3. The molecular formula is C12H14BrN3S. The minimum atomic E-state index is 0.205. The van der Waals surface area contributed by atoms with Gasteiger partial charge in [-0.1, -0.05) is 6.92 Å². The fourth-order valence-corrected chi connectivity index (χ4v) is 2.71. The van der Waals surface area contributed by atoms with E-state index in [9.17, 15) is 0 Å². The highest BCUT2D eigenvalue weighted by molar-refractivity contribution is 9.10. The van der Waals surface area contributed by atoms with Gasteiger partial charge in [-0.2, -0.15) is 0 Å². The van der Waals surface area contributed by atoms with E-state index in [0.29, 0.717) is 0 Å². The number of aryl methyl sites for hydroxylation is 1. The topological polar surface area (TPSA) is 37.8 Å². The predicted octanol–water partition coefficient (Wildman–Crippen LogP) is 4.04. The van der Waals surface area contributed by atoms with E-state index in [1.165, 1.54) is 4.88 Å². The summed E-state index contributed by atoms with van der Waals surface area (Å²) in [5.41, 5.74) is 1.00. The summed E-state index contributed by atoms with van der Waals surface area (Å²) in [7, 11) is 0. The molecule has 5 heteroatoms. The lowest BCUT2D eigenvalue weighted by molar-refractivity contribution is 0.867. The minimum absolute atomic E-state index is 0.205. The van der Waals surface area contributed by atoms with Crippen LogP contribution < -0.4 is 5.32 Å². The number of hydrogen-bond acceptors (Lipinski definition) is 4. The van der Waals surface area contributed by atoms with Gasteiger partial charge in [-0.25, -0.2) is 4.98 Å². The van der Waals surface area contributed by atoms with Crippen molar-refractivity contribution in [2.45, 2.75) is 26.3 Å². The van der Waals surface area contributed by atoms with Gasteiger partial charge >= 0.3 is 0 Å². The molecule has 2 rings (SSSR count). The zero-order chi connectivity index (χ0) is 12.3. The largest absolute Gasteiger partial charge is 0.375 e. The fourth-order valence-electron chi connectivity index (χ4n) is 1.49. The molecule has 3 nitrogen and oxygen atoms in total. The SMILES string of the molecule is CCc1cnc(C(C)Nc2cncc(Br)c2)s1. The van der Waals surface area contributed by atoms with Gasteiger partial charge in [0.2, 0.25) is 0 Å². The third-order valence-electron chi connectivity index (χ3n) is 2.38. The van der Waals surface area contributed by atoms with E-state index in [1.807, 2.05) is 18.5 Å². The molecule has 0 fully saturated rings. The Bertz CT molecular complexity index is 498. The summed E-state index contributed by atoms with van der Waals surface area (Å²) in [5.74, 6) is 0. The number of rotatable bonds is 4. The van der Waals surface area contributed by atoms with Gasteiger partial charge < -0.3 is 5.32 Å². The van der Waals surface area contributed by atoms with Gasteiger partial charge in [-0.15, -0.1) is 11.3 Å². The fraction of sp³-hybridized carbons (Fsp3) is 0.333. The Balaban J connectivity index is 2.08. The average Bonchev–Trinajstić information content (AvgIpc) is 2.77. The number of nitrogens with one attached hydrogen (secondary N) is 1. The number of thiazole rings is 1. The Morgan fingerprint density at radius 3 is 2.88 bits per heavy atom. The second-order valence-corrected chi connectivity index (χ2v) is 5.84. The molecule has 2 aromatic heterocycles. The average molecular weight is 312 g/mol. The number of nitrogens with zero attached hydrogens (tertiary/aromatic N) is 2. The van der Waals surface area contributed by atoms with Crippen LogP contribution in [0.2, 0.25) is 0 Å². The first-order valence-electron chi connectivity index (χ1n) is 5.50. The monoisotopic (exact) mass is 311 g/mol. The van der Waals surface area contributed by atoms with Gasteiger partial charge in [0.1, 0.15) is 5.01 Å². The zero-order valence-electron chi connectivity index (χ0n) is 9.77. The Morgan fingerprint density at radius 1 is 1.41 bits per heavy atom. The summed E-state index contributed by atoms with van der Waals surface area (Å²) < 4.78 is 0.975. The van der Waals surface area contributed by atoms with Gasteiger partial charge in [0.15, 0.2) is 0 Å². The maximum atomic E-state index is 4.43. The molecule has 0 aliphatic heterocycles. The van der Waals surface area contributed by atoms with E-state index in [-0.39, 0.29) is 6.04 Å². The van der Waals surface area contributed by atoms with Crippen molar-refractivity contribution in [2.24, 2.45) is 0 Å². The van der Waals surface area contributed by atoms with E-state index in [0.717, 1.165) is 21.6 Å². The lowest BCUT2D eigenvalue weighted by Gasteiger charge is -2.12. The van der Waals surface area contributed by atoms with Crippen molar-refractivity contribution in [2.75, 3.05) is 5.32 Å². The van der Waals surface area contributed by atoms with E-state index in [2.05, 4.69) is 45.1 Å². The van der Waals surface area contributed by atoms with E-state index in [1.54, 1.807) is 17.5 Å². The Labute approximate surface area is 113 Å². The molecule has 0 spiro atoms. The van der Waals surface area contributed by atoms with Gasteiger partial charge in [0.05, 0.1) is 17.9 Å². The summed E-state index contributed by atoms with van der Waals surface area (Å²) in [5, 5.41) is 4.50. The summed E-state index contributed by atoms with van der Waals surface area (Å²) in [6.45, 7) is 4.26. The van der Waals surface area contributed by atoms with Crippen molar-refractivity contribution in [3.63, 3.8) is 0 Å². The molecule has 1 unspecified atom stereocenters. The van der Waals surface area contributed by atoms with Crippen LogP contribution >= 0.6 is 27.3 Å². The molecule has 0 bridgehead atoms. The third-order valence-corrected chi connectivity index (χ3v) is 4.14. The van der Waals surface area contributed by atoms with Crippen LogP contribution in [-0.4, -0.2) is 9.97 Å². The molecule has 0 aromatic carbocycles. The molecular weight excluding hydrogens is 298 g/mol. The van der Waals surface area contributed by atoms with Crippen molar-refractivity contribution in [1.29, 1.82) is 0 Å². The van der Waals surface area contributed by atoms with Gasteiger partial charge in [0.25, 0.3) is 0 Å². The van der Waals surface area contributed by atoms with Crippen molar-refractivity contribution in [3.05, 3.63) is 39.0 Å². The predicted molar refractivity (Wildman–Crippen MR) is 75.5 cm³/mol. The second-order valence-electron chi connectivity index (χ2n) is 3.78. The maximum Gasteiger partial charge on any atom is 0.115 e. The van der Waals surface area contributed by atoms with Crippen molar-refractivity contribution in [1.82, 2.24) is 9.97 Å². The lowest BCUT2D eigenvalue weighted by Crippen LogP contribution is -2.06. The van der Waals surface area contributed by atoms with Crippen molar-refractivity contribution in [3.8, 4) is 0 Å². The highest BCUT2D eigenvalue weighted by Gasteiger charge is 2.10. The van der Waals surface area contributed by atoms with Crippen LogP contribution in [0.3, 0.4) is 0 Å². The molecule has 1 N–H and O–H groups in total. The molecule has 90 valence electrons. The standard InChI is InChI=1S/C12H14BrN3S/c1-3-11-7-15-12(17-11)8(2)16-10-4-9(13)5-14-6-10/h4-8,16H,3H2,1-2H3. The van der Waals surface area contributed by atoms with Crippen LogP contribution in [0, 0.1) is 0 Å². The van der Waals surface area contributed by atoms with Gasteiger partial charge in [-0.05, 0) is 35.3 Å². The Kier molecular flexibility index (Phi) is 4.12. The highest BCUT2D eigenvalue weighted by atomic mass is 79.9. The molecule has 0 amide bonds. The summed E-state index contributed by atoms with van der Waals surface area (Å²) in [6.07, 6.45) is 6.59. The maximum absolute atomic E-state index is 4.43. The molecule has 0 aliphatic carbocycles. The molecule has 0 aliphatic rings. The van der Waals surface area contributed by atoms with E-state index >= 15 is 0 Å². The number of hydrogen-bond donors (Lipinski definition) is 1. The third kappa shape index (κ3) is 3.26. The first-order valence-corrected chi connectivity index (χ1v) is 7.11. The molecule has 0 radical (unpaired) electrons. The van der Waals surface area contributed by atoms with Crippen LogP contribution in [0.25, 0.3) is 0 Å². The number of pyridine rings is 1. The summed E-state index contributed by atoms with van der Waals surface area (Å²) >= 11 is 5.17. The molecule has 1 atom stereocenters. The summed E-state index contributed by atoms with van der Waals surface area (Å²) in [6, 6.07) is 2.22. The van der Waals surface area contributed by atoms with E-state index < -0.39 is 0 Å². The molecule has 0 saturated heterocycles. The second kappa shape index (κ2) is 5.60. The van der Waals surface area contributed by atoms with Gasteiger partial charge in [-0.3, -0.25) is 4.98 Å². The molecule has 2 aromatic rings. The smallest absolute Gasteiger partial charge is 0.115 e. The first-order chi connectivity index (χ1) is 8.19. The minimum Gasteiger partial charge on any atom is -0.375 e.